The minimum Gasteiger partial charge on any atom is -0.356 e. The van der Waals surface area contributed by atoms with Crippen molar-refractivity contribution >= 4 is 0 Å². The fourth-order valence-electron chi connectivity index (χ4n) is 2.24. The van der Waals surface area contributed by atoms with Crippen LogP contribution < -0.4 is 0 Å². The van der Waals surface area contributed by atoms with Gasteiger partial charge in [-0.05, 0) is 38.5 Å². The maximum Gasteiger partial charge on any atom is 0.156 e. The topological polar surface area (TPSA) is 36.9 Å². The second-order valence-corrected chi connectivity index (χ2v) is 5.35. The molecule has 0 spiro atoms. The van der Waals surface area contributed by atoms with Gasteiger partial charge in [-0.25, -0.2) is 0 Å². The standard InChI is InChI=1S/C18H34O4/c1-19-17(20-2)15-13-11-9-7-5-6-8-10-12-14-16-18(21-3)22-4/h17-18H,7-16H2,1-4H3. The van der Waals surface area contributed by atoms with E-state index in [0.717, 1.165) is 51.4 Å². The maximum absolute atomic E-state index is 5.15. The number of hydrogen-bond donors (Lipinski definition) is 0. The Morgan fingerprint density at radius 3 is 1.23 bits per heavy atom. The Kier molecular flexibility index (Phi) is 16.3. The fraction of sp³-hybridized carbons (Fsp3) is 0.889. The highest BCUT2D eigenvalue weighted by molar-refractivity contribution is 4.98. The molecule has 0 amide bonds. The van der Waals surface area contributed by atoms with Crippen molar-refractivity contribution in [3.05, 3.63) is 0 Å². The van der Waals surface area contributed by atoms with Crippen LogP contribution in [0.1, 0.15) is 64.2 Å². The molecule has 0 aliphatic carbocycles. The van der Waals surface area contributed by atoms with Gasteiger partial charge in [0.25, 0.3) is 0 Å². The zero-order chi connectivity index (χ0) is 16.5. The summed E-state index contributed by atoms with van der Waals surface area (Å²) in [5.41, 5.74) is 0. The van der Waals surface area contributed by atoms with Crippen LogP contribution in [0.25, 0.3) is 0 Å². The lowest BCUT2D eigenvalue weighted by Crippen LogP contribution is -2.12. The van der Waals surface area contributed by atoms with Crippen molar-refractivity contribution in [1.29, 1.82) is 0 Å². The van der Waals surface area contributed by atoms with Gasteiger partial charge in [0.05, 0.1) is 0 Å². The Morgan fingerprint density at radius 1 is 0.545 bits per heavy atom. The van der Waals surface area contributed by atoms with Crippen LogP contribution in [0.4, 0.5) is 0 Å². The van der Waals surface area contributed by atoms with Crippen molar-refractivity contribution in [2.45, 2.75) is 76.8 Å². The molecule has 0 fully saturated rings. The third-order valence-corrected chi connectivity index (χ3v) is 3.66. The lowest BCUT2D eigenvalue weighted by Gasteiger charge is -2.12. The van der Waals surface area contributed by atoms with E-state index in [4.69, 9.17) is 18.9 Å². The van der Waals surface area contributed by atoms with Crippen molar-refractivity contribution < 1.29 is 18.9 Å². The highest BCUT2D eigenvalue weighted by Gasteiger charge is 2.03. The predicted molar refractivity (Wildman–Crippen MR) is 89.6 cm³/mol. The quantitative estimate of drug-likeness (QED) is 0.274. The Hall–Kier alpha value is -0.600. The van der Waals surface area contributed by atoms with E-state index in [9.17, 15) is 0 Å². The molecule has 0 atom stereocenters. The maximum atomic E-state index is 5.15. The van der Waals surface area contributed by atoms with Gasteiger partial charge in [-0.3, -0.25) is 0 Å². The van der Waals surface area contributed by atoms with Crippen molar-refractivity contribution in [3.8, 4) is 11.8 Å². The molecular weight excluding hydrogens is 280 g/mol. The third kappa shape index (κ3) is 13.1. The molecule has 0 rings (SSSR count). The fourth-order valence-corrected chi connectivity index (χ4v) is 2.24. The van der Waals surface area contributed by atoms with Gasteiger partial charge < -0.3 is 18.9 Å². The van der Waals surface area contributed by atoms with Crippen molar-refractivity contribution in [2.75, 3.05) is 28.4 Å². The van der Waals surface area contributed by atoms with E-state index in [1.54, 1.807) is 28.4 Å². The van der Waals surface area contributed by atoms with E-state index in [2.05, 4.69) is 11.8 Å². The van der Waals surface area contributed by atoms with Gasteiger partial charge in [-0.15, -0.1) is 11.8 Å². The summed E-state index contributed by atoms with van der Waals surface area (Å²) in [4.78, 5) is 0. The Balaban J connectivity index is 3.32. The van der Waals surface area contributed by atoms with Crippen molar-refractivity contribution in [3.63, 3.8) is 0 Å². The molecule has 0 aliphatic heterocycles. The van der Waals surface area contributed by atoms with E-state index in [-0.39, 0.29) is 12.6 Å². The molecule has 0 radical (unpaired) electrons. The molecule has 0 heterocycles. The van der Waals surface area contributed by atoms with Crippen LogP contribution >= 0.6 is 0 Å². The lowest BCUT2D eigenvalue weighted by molar-refractivity contribution is -0.107. The Bertz CT molecular complexity index is 249. The lowest BCUT2D eigenvalue weighted by atomic mass is 10.1. The molecule has 0 aliphatic rings. The van der Waals surface area contributed by atoms with Gasteiger partial charge in [-0.1, -0.05) is 12.8 Å². The van der Waals surface area contributed by atoms with E-state index in [0.29, 0.717) is 0 Å². The summed E-state index contributed by atoms with van der Waals surface area (Å²) in [7, 11) is 6.74. The van der Waals surface area contributed by atoms with Crippen LogP contribution in [0.15, 0.2) is 0 Å². The molecule has 4 heteroatoms. The summed E-state index contributed by atoms with van der Waals surface area (Å²) in [6, 6.07) is 0. The second kappa shape index (κ2) is 16.8. The third-order valence-electron chi connectivity index (χ3n) is 3.66. The average Bonchev–Trinajstić information content (AvgIpc) is 2.55. The molecule has 0 saturated heterocycles. The first kappa shape index (κ1) is 21.4. The normalized spacial score (nSPS) is 11.0. The molecule has 0 N–H and O–H groups in total. The number of rotatable bonds is 14. The first-order valence-electron chi connectivity index (χ1n) is 8.35. The number of ether oxygens (including phenoxy) is 4. The summed E-state index contributed by atoms with van der Waals surface area (Å²) in [5.74, 6) is 6.52. The highest BCUT2D eigenvalue weighted by Crippen LogP contribution is 2.09. The van der Waals surface area contributed by atoms with Crippen molar-refractivity contribution in [2.24, 2.45) is 0 Å². The van der Waals surface area contributed by atoms with Gasteiger partial charge >= 0.3 is 0 Å². The smallest absolute Gasteiger partial charge is 0.156 e. The molecule has 4 nitrogen and oxygen atoms in total. The largest absolute Gasteiger partial charge is 0.356 e. The number of methoxy groups -OCH3 is 4. The molecule has 0 bridgehead atoms. The molecule has 0 aromatic heterocycles. The van der Waals surface area contributed by atoms with E-state index >= 15 is 0 Å². The molecule has 22 heavy (non-hydrogen) atoms. The van der Waals surface area contributed by atoms with Crippen LogP contribution in [-0.4, -0.2) is 41.0 Å². The first-order valence-corrected chi connectivity index (χ1v) is 8.35. The van der Waals surface area contributed by atoms with Crippen LogP contribution in [0.3, 0.4) is 0 Å². The molecular formula is C18H34O4. The van der Waals surface area contributed by atoms with E-state index < -0.39 is 0 Å². The zero-order valence-corrected chi connectivity index (χ0v) is 14.9. The van der Waals surface area contributed by atoms with Gasteiger partial charge in [0.2, 0.25) is 0 Å². The number of unbranched alkanes of at least 4 members (excludes halogenated alkanes) is 6. The van der Waals surface area contributed by atoms with Gasteiger partial charge in [0.1, 0.15) is 0 Å². The minimum absolute atomic E-state index is 0.0538. The summed E-state index contributed by atoms with van der Waals surface area (Å²) < 4.78 is 20.6. The van der Waals surface area contributed by atoms with Gasteiger partial charge in [0.15, 0.2) is 12.6 Å². The van der Waals surface area contributed by atoms with Crippen molar-refractivity contribution in [1.82, 2.24) is 0 Å². The van der Waals surface area contributed by atoms with E-state index in [1.807, 2.05) is 0 Å². The van der Waals surface area contributed by atoms with Crippen LogP contribution in [0.2, 0.25) is 0 Å². The monoisotopic (exact) mass is 314 g/mol. The molecule has 130 valence electrons. The molecule has 0 saturated carbocycles. The SMILES string of the molecule is COC(CCCCCC#CCCCCCC(OC)OC)OC. The molecule has 0 aromatic carbocycles. The first-order chi connectivity index (χ1) is 10.8. The van der Waals surface area contributed by atoms with Gasteiger partial charge in [0, 0.05) is 41.3 Å². The molecule has 0 aromatic rings. The zero-order valence-electron chi connectivity index (χ0n) is 14.9. The second-order valence-electron chi connectivity index (χ2n) is 5.35. The number of hydrogen-bond acceptors (Lipinski definition) is 4. The molecule has 0 unspecified atom stereocenters. The van der Waals surface area contributed by atoms with E-state index in [1.165, 1.54) is 12.8 Å². The minimum atomic E-state index is -0.0538. The summed E-state index contributed by atoms with van der Waals surface area (Å²) in [5, 5.41) is 0. The average molecular weight is 314 g/mol. The van der Waals surface area contributed by atoms with Crippen LogP contribution in [0.5, 0.6) is 0 Å². The highest BCUT2D eigenvalue weighted by atomic mass is 16.7. The predicted octanol–water partition coefficient (Wildman–Crippen LogP) is 4.13. The summed E-state index contributed by atoms with van der Waals surface area (Å²) in [6.07, 6.45) is 10.8. The van der Waals surface area contributed by atoms with Crippen LogP contribution in [-0.2, 0) is 18.9 Å². The Labute approximate surface area is 136 Å². The summed E-state index contributed by atoms with van der Waals surface area (Å²) >= 11 is 0. The van der Waals surface area contributed by atoms with Crippen LogP contribution in [0, 0.1) is 11.8 Å². The van der Waals surface area contributed by atoms with Gasteiger partial charge in [-0.2, -0.15) is 0 Å². The Morgan fingerprint density at radius 2 is 0.909 bits per heavy atom. The summed E-state index contributed by atoms with van der Waals surface area (Å²) in [6.45, 7) is 0.